The normalized spacial score (nSPS) is 12.5. The van der Waals surface area contributed by atoms with E-state index in [0.717, 1.165) is 11.1 Å². The minimum atomic E-state index is -0.717. The average molecular weight is 299 g/mol. The largest absolute Gasteiger partial charge is 0.319 e. The van der Waals surface area contributed by atoms with Crippen molar-refractivity contribution in [2.75, 3.05) is 0 Å². The molecule has 0 saturated heterocycles. The van der Waals surface area contributed by atoms with Gasteiger partial charge in [0.05, 0.1) is 21.8 Å². The van der Waals surface area contributed by atoms with Crippen molar-refractivity contribution in [3.05, 3.63) is 62.6 Å². The van der Waals surface area contributed by atoms with Gasteiger partial charge < -0.3 is 5.73 Å². The first kappa shape index (κ1) is 14.3. The molecule has 1 atom stereocenters. The van der Waals surface area contributed by atoms with Crippen LogP contribution in [0, 0.1) is 19.7 Å². The van der Waals surface area contributed by atoms with E-state index < -0.39 is 6.04 Å². The molecule has 19 heavy (non-hydrogen) atoms. The summed E-state index contributed by atoms with van der Waals surface area (Å²) in [5, 5.41) is 0.751. The van der Waals surface area contributed by atoms with Crippen molar-refractivity contribution < 1.29 is 4.39 Å². The van der Waals surface area contributed by atoms with Gasteiger partial charge in [-0.15, -0.1) is 0 Å². The lowest BCUT2D eigenvalue weighted by Crippen LogP contribution is -2.17. The maximum Gasteiger partial charge on any atom is 0.128 e. The van der Waals surface area contributed by atoms with Crippen LogP contribution in [0.25, 0.3) is 0 Å². The third-order valence-electron chi connectivity index (χ3n) is 2.92. The Kier molecular flexibility index (Phi) is 4.09. The van der Waals surface area contributed by atoms with Crippen molar-refractivity contribution in [2.45, 2.75) is 19.9 Å². The van der Waals surface area contributed by atoms with Gasteiger partial charge in [-0.1, -0.05) is 29.3 Å². The highest BCUT2D eigenvalue weighted by atomic mass is 35.5. The lowest BCUT2D eigenvalue weighted by atomic mass is 9.96. The number of pyridine rings is 1. The van der Waals surface area contributed by atoms with E-state index in [1.54, 1.807) is 6.07 Å². The molecule has 0 spiro atoms. The van der Waals surface area contributed by atoms with Gasteiger partial charge in [0.1, 0.15) is 5.82 Å². The Morgan fingerprint density at radius 1 is 1.21 bits per heavy atom. The van der Waals surface area contributed by atoms with Gasteiger partial charge in [0.2, 0.25) is 0 Å². The zero-order valence-electron chi connectivity index (χ0n) is 10.5. The summed E-state index contributed by atoms with van der Waals surface area (Å²) in [6.45, 7) is 3.65. The molecule has 1 unspecified atom stereocenters. The van der Waals surface area contributed by atoms with Crippen LogP contribution >= 0.6 is 23.2 Å². The van der Waals surface area contributed by atoms with Crippen LogP contribution in [0.4, 0.5) is 4.39 Å². The van der Waals surface area contributed by atoms with Gasteiger partial charge in [-0.25, -0.2) is 4.39 Å². The molecule has 0 fully saturated rings. The van der Waals surface area contributed by atoms with E-state index in [4.69, 9.17) is 28.9 Å². The minimum Gasteiger partial charge on any atom is -0.319 e. The second-order valence-corrected chi connectivity index (χ2v) is 5.32. The Labute approximate surface area is 121 Å². The van der Waals surface area contributed by atoms with Crippen LogP contribution in [0.3, 0.4) is 0 Å². The van der Waals surface area contributed by atoms with Gasteiger partial charge in [0, 0.05) is 11.8 Å². The molecule has 2 N–H and O–H groups in total. The summed E-state index contributed by atoms with van der Waals surface area (Å²) < 4.78 is 14.1. The molecule has 5 heteroatoms. The van der Waals surface area contributed by atoms with Crippen molar-refractivity contribution in [1.82, 2.24) is 4.98 Å². The van der Waals surface area contributed by atoms with Crippen LogP contribution in [0.15, 0.2) is 24.4 Å². The molecule has 1 heterocycles. The minimum absolute atomic E-state index is 0.333. The predicted octanol–water partition coefficient (Wildman–Crippen LogP) is 4.19. The molecule has 0 aliphatic carbocycles. The van der Waals surface area contributed by atoms with Crippen molar-refractivity contribution in [3.8, 4) is 0 Å². The molecular weight excluding hydrogens is 286 g/mol. The zero-order chi connectivity index (χ0) is 14.2. The number of nitrogens with zero attached hydrogens (tertiary/aromatic N) is 1. The summed E-state index contributed by atoms with van der Waals surface area (Å²) in [5.41, 5.74) is 8.53. The van der Waals surface area contributed by atoms with E-state index in [-0.39, 0.29) is 5.82 Å². The van der Waals surface area contributed by atoms with Gasteiger partial charge in [-0.05, 0) is 37.1 Å². The quantitative estimate of drug-likeness (QED) is 0.903. The molecule has 0 aliphatic heterocycles. The fraction of sp³-hybridized carbons (Fsp3) is 0.214. The number of nitrogens with two attached hydrogens (primary N) is 1. The topological polar surface area (TPSA) is 38.9 Å². The van der Waals surface area contributed by atoms with Gasteiger partial charge >= 0.3 is 0 Å². The molecule has 0 saturated carbocycles. The van der Waals surface area contributed by atoms with Gasteiger partial charge in [0.15, 0.2) is 0 Å². The number of hydrogen-bond acceptors (Lipinski definition) is 2. The van der Waals surface area contributed by atoms with E-state index in [1.165, 1.54) is 12.3 Å². The summed E-state index contributed by atoms with van der Waals surface area (Å²) in [6, 6.07) is 4.16. The number of aryl methyl sites for hydroxylation is 2. The predicted molar refractivity (Wildman–Crippen MR) is 76.2 cm³/mol. The monoisotopic (exact) mass is 298 g/mol. The van der Waals surface area contributed by atoms with Crippen LogP contribution in [-0.2, 0) is 0 Å². The molecule has 1 aromatic carbocycles. The highest BCUT2D eigenvalue weighted by Crippen LogP contribution is 2.30. The Bertz CT molecular complexity index is 606. The number of hydrogen-bond donors (Lipinski definition) is 1. The summed E-state index contributed by atoms with van der Waals surface area (Å²) in [4.78, 5) is 4.10. The summed E-state index contributed by atoms with van der Waals surface area (Å²) in [5.74, 6) is -0.349. The maximum atomic E-state index is 14.1. The van der Waals surface area contributed by atoms with Crippen LogP contribution in [-0.4, -0.2) is 4.98 Å². The molecule has 2 aromatic rings. The van der Waals surface area contributed by atoms with Crippen molar-refractivity contribution in [1.29, 1.82) is 0 Å². The number of aromatic nitrogens is 1. The van der Waals surface area contributed by atoms with Crippen LogP contribution < -0.4 is 5.73 Å². The third kappa shape index (κ3) is 2.89. The fourth-order valence-electron chi connectivity index (χ4n) is 2.11. The number of benzene rings is 1. The third-order valence-corrected chi connectivity index (χ3v) is 3.43. The first-order chi connectivity index (χ1) is 8.90. The second-order valence-electron chi connectivity index (χ2n) is 4.48. The molecule has 0 aliphatic rings. The van der Waals surface area contributed by atoms with E-state index in [0.29, 0.717) is 21.3 Å². The molecule has 1 aromatic heterocycles. The standard InChI is InChI=1S/C14H13Cl2FN2/c1-7-3-8(2)12(11(17)4-7)13(18)14-10(16)5-9(15)6-19-14/h3-6,13H,18H2,1-2H3. The fourth-order valence-corrected chi connectivity index (χ4v) is 2.61. The molecule has 0 amide bonds. The molecule has 2 nitrogen and oxygen atoms in total. The molecule has 100 valence electrons. The first-order valence-electron chi connectivity index (χ1n) is 5.73. The lowest BCUT2D eigenvalue weighted by molar-refractivity contribution is 0.593. The van der Waals surface area contributed by atoms with E-state index in [1.807, 2.05) is 19.9 Å². The molecule has 0 bridgehead atoms. The summed E-state index contributed by atoms with van der Waals surface area (Å²) in [7, 11) is 0. The number of rotatable bonds is 2. The SMILES string of the molecule is Cc1cc(C)c(C(N)c2ncc(Cl)cc2Cl)c(F)c1. The Balaban J connectivity index is 2.53. The van der Waals surface area contributed by atoms with E-state index in [2.05, 4.69) is 4.98 Å². The van der Waals surface area contributed by atoms with Crippen molar-refractivity contribution in [3.63, 3.8) is 0 Å². The van der Waals surface area contributed by atoms with Gasteiger partial charge in [0.25, 0.3) is 0 Å². The first-order valence-corrected chi connectivity index (χ1v) is 6.49. The second kappa shape index (κ2) is 5.45. The number of halogens is 3. The zero-order valence-corrected chi connectivity index (χ0v) is 12.1. The van der Waals surface area contributed by atoms with E-state index in [9.17, 15) is 4.39 Å². The molecule has 0 radical (unpaired) electrons. The summed E-state index contributed by atoms with van der Waals surface area (Å²) >= 11 is 11.8. The van der Waals surface area contributed by atoms with Crippen LogP contribution in [0.1, 0.15) is 28.4 Å². The molecular formula is C14H13Cl2FN2. The van der Waals surface area contributed by atoms with E-state index >= 15 is 0 Å². The maximum absolute atomic E-state index is 14.1. The highest BCUT2D eigenvalue weighted by molar-refractivity contribution is 6.34. The van der Waals surface area contributed by atoms with Gasteiger partial charge in [-0.3, -0.25) is 4.98 Å². The smallest absolute Gasteiger partial charge is 0.128 e. The average Bonchev–Trinajstić information content (AvgIpc) is 2.26. The Morgan fingerprint density at radius 3 is 2.47 bits per heavy atom. The highest BCUT2D eigenvalue weighted by Gasteiger charge is 2.20. The lowest BCUT2D eigenvalue weighted by Gasteiger charge is -2.17. The van der Waals surface area contributed by atoms with Crippen molar-refractivity contribution >= 4 is 23.2 Å². The Hall–Kier alpha value is -1.16. The van der Waals surface area contributed by atoms with Crippen molar-refractivity contribution in [2.24, 2.45) is 5.73 Å². The molecule has 2 rings (SSSR count). The Morgan fingerprint density at radius 2 is 1.89 bits per heavy atom. The van der Waals surface area contributed by atoms with Gasteiger partial charge in [-0.2, -0.15) is 0 Å². The summed E-state index contributed by atoms with van der Waals surface area (Å²) in [6.07, 6.45) is 1.45. The van der Waals surface area contributed by atoms with Crippen LogP contribution in [0.5, 0.6) is 0 Å². The van der Waals surface area contributed by atoms with Crippen LogP contribution in [0.2, 0.25) is 10.0 Å².